The van der Waals surface area contributed by atoms with Gasteiger partial charge in [0.25, 0.3) is 0 Å². The van der Waals surface area contributed by atoms with Crippen molar-refractivity contribution in [3.63, 3.8) is 0 Å². The maximum Gasteiger partial charge on any atom is 0.225 e. The monoisotopic (exact) mass is 347 g/mol. The molecule has 0 unspecified atom stereocenters. The van der Waals surface area contributed by atoms with Crippen molar-refractivity contribution in [2.45, 2.75) is 32.0 Å². The van der Waals surface area contributed by atoms with Crippen molar-refractivity contribution in [3.8, 4) is 0 Å². The molecule has 2 N–H and O–H groups in total. The van der Waals surface area contributed by atoms with Gasteiger partial charge in [-0.3, -0.25) is 9.59 Å². The van der Waals surface area contributed by atoms with Gasteiger partial charge in [-0.2, -0.15) is 0 Å². The van der Waals surface area contributed by atoms with Crippen LogP contribution in [0.15, 0.2) is 24.3 Å². The maximum atomic E-state index is 12.1. The number of nitrogens with one attached hydrogen (secondary N) is 2. The summed E-state index contributed by atoms with van der Waals surface area (Å²) in [5.74, 6) is -0.497. The summed E-state index contributed by atoms with van der Waals surface area (Å²) in [5.41, 5.74) is 1.44. The molecule has 0 bridgehead atoms. The fourth-order valence-corrected chi connectivity index (χ4v) is 3.23. The number of anilines is 2. The largest absolute Gasteiger partial charge is 0.347 e. The summed E-state index contributed by atoms with van der Waals surface area (Å²) < 4.78 is 11.4. The van der Waals surface area contributed by atoms with E-state index >= 15 is 0 Å². The lowest BCUT2D eigenvalue weighted by atomic mass is 10.0. The van der Waals surface area contributed by atoms with Gasteiger partial charge in [0, 0.05) is 57.2 Å². The minimum atomic E-state index is -0.367. The highest BCUT2D eigenvalue weighted by atomic mass is 16.7. The molecule has 0 radical (unpaired) electrons. The van der Waals surface area contributed by atoms with Crippen LogP contribution in [0.3, 0.4) is 0 Å². The standard InChI is InChI=1S/C18H25N3O4/c1-14(22)19-15-2-4-16(5-3-15)20-17(23)6-9-21-10-7-18(8-11-21)24-12-13-25-18/h2-5H,6-13H2,1H3,(H,19,22)(H,20,23). The Morgan fingerprint density at radius 3 is 2.16 bits per heavy atom. The molecule has 0 aromatic heterocycles. The van der Waals surface area contributed by atoms with Gasteiger partial charge in [-0.15, -0.1) is 0 Å². The Balaban J connectivity index is 1.39. The van der Waals surface area contributed by atoms with Gasteiger partial charge in [0.1, 0.15) is 0 Å². The van der Waals surface area contributed by atoms with E-state index in [1.165, 1.54) is 6.92 Å². The number of ether oxygens (including phenoxy) is 2. The Kier molecular flexibility index (Phi) is 5.67. The van der Waals surface area contributed by atoms with E-state index in [1.807, 2.05) is 0 Å². The van der Waals surface area contributed by atoms with Gasteiger partial charge >= 0.3 is 0 Å². The fraction of sp³-hybridized carbons (Fsp3) is 0.556. The molecule has 2 saturated heterocycles. The zero-order valence-corrected chi connectivity index (χ0v) is 14.5. The first-order valence-corrected chi connectivity index (χ1v) is 8.72. The molecular weight excluding hydrogens is 322 g/mol. The van der Waals surface area contributed by atoms with Crippen LogP contribution in [0, 0.1) is 0 Å². The molecule has 2 aliphatic heterocycles. The number of rotatable bonds is 5. The number of hydrogen-bond acceptors (Lipinski definition) is 5. The molecule has 3 rings (SSSR count). The van der Waals surface area contributed by atoms with E-state index in [0.717, 1.165) is 38.2 Å². The smallest absolute Gasteiger partial charge is 0.225 e. The van der Waals surface area contributed by atoms with Crippen molar-refractivity contribution in [3.05, 3.63) is 24.3 Å². The van der Waals surface area contributed by atoms with E-state index in [9.17, 15) is 9.59 Å². The van der Waals surface area contributed by atoms with E-state index in [-0.39, 0.29) is 17.6 Å². The predicted octanol–water partition coefficient (Wildman–Crippen LogP) is 1.81. The maximum absolute atomic E-state index is 12.1. The highest BCUT2D eigenvalue weighted by Gasteiger charge is 2.39. The van der Waals surface area contributed by atoms with Crippen molar-refractivity contribution in [1.29, 1.82) is 0 Å². The fourth-order valence-electron chi connectivity index (χ4n) is 3.23. The third kappa shape index (κ3) is 5.01. The van der Waals surface area contributed by atoms with Gasteiger partial charge in [0.2, 0.25) is 11.8 Å². The molecule has 1 aromatic rings. The predicted molar refractivity (Wildman–Crippen MR) is 94.3 cm³/mol. The van der Waals surface area contributed by atoms with Crippen molar-refractivity contribution < 1.29 is 19.1 Å². The Morgan fingerprint density at radius 2 is 1.60 bits per heavy atom. The van der Waals surface area contributed by atoms with Crippen LogP contribution in [0.4, 0.5) is 11.4 Å². The Bertz CT molecular complexity index is 601. The zero-order chi connectivity index (χ0) is 17.7. The average Bonchev–Trinajstić information content (AvgIpc) is 3.04. The first kappa shape index (κ1) is 17.8. The summed E-state index contributed by atoms with van der Waals surface area (Å²) in [6.07, 6.45) is 2.17. The zero-order valence-electron chi connectivity index (χ0n) is 14.5. The van der Waals surface area contributed by atoms with Crippen molar-refractivity contribution in [2.75, 3.05) is 43.5 Å². The minimum Gasteiger partial charge on any atom is -0.347 e. The van der Waals surface area contributed by atoms with Gasteiger partial charge in [-0.05, 0) is 24.3 Å². The molecule has 25 heavy (non-hydrogen) atoms. The van der Waals surface area contributed by atoms with Crippen LogP contribution >= 0.6 is 0 Å². The van der Waals surface area contributed by atoms with E-state index in [1.54, 1.807) is 24.3 Å². The molecular formula is C18H25N3O4. The SMILES string of the molecule is CC(=O)Nc1ccc(NC(=O)CCN2CCC3(CC2)OCCO3)cc1. The van der Waals surface area contributed by atoms with E-state index < -0.39 is 0 Å². The van der Waals surface area contributed by atoms with Crippen LogP contribution in [0.25, 0.3) is 0 Å². The van der Waals surface area contributed by atoms with Crippen molar-refractivity contribution in [1.82, 2.24) is 4.90 Å². The number of carbonyl (C=O) groups excluding carboxylic acids is 2. The second-order valence-electron chi connectivity index (χ2n) is 6.51. The van der Waals surface area contributed by atoms with E-state index in [0.29, 0.717) is 25.3 Å². The lowest BCUT2D eigenvalue weighted by molar-refractivity contribution is -0.185. The summed E-state index contributed by atoms with van der Waals surface area (Å²) in [4.78, 5) is 25.4. The summed E-state index contributed by atoms with van der Waals surface area (Å²) >= 11 is 0. The number of likely N-dealkylation sites (tertiary alicyclic amines) is 1. The van der Waals surface area contributed by atoms with Crippen LogP contribution in [-0.2, 0) is 19.1 Å². The number of amides is 2. The van der Waals surface area contributed by atoms with Crippen LogP contribution in [-0.4, -0.2) is 55.3 Å². The number of nitrogens with zero attached hydrogens (tertiary/aromatic N) is 1. The van der Waals surface area contributed by atoms with Gasteiger partial charge in [0.15, 0.2) is 5.79 Å². The second kappa shape index (κ2) is 7.95. The van der Waals surface area contributed by atoms with Crippen molar-refractivity contribution in [2.24, 2.45) is 0 Å². The molecule has 7 heteroatoms. The molecule has 2 amide bonds. The third-order valence-corrected chi connectivity index (χ3v) is 4.58. The topological polar surface area (TPSA) is 79.9 Å². The molecule has 7 nitrogen and oxygen atoms in total. The van der Waals surface area contributed by atoms with Crippen LogP contribution in [0.1, 0.15) is 26.2 Å². The normalized spacial score (nSPS) is 19.7. The lowest BCUT2D eigenvalue weighted by Gasteiger charge is -2.37. The molecule has 2 heterocycles. The molecule has 1 spiro atoms. The molecule has 0 saturated carbocycles. The number of benzene rings is 1. The van der Waals surface area contributed by atoms with E-state index in [2.05, 4.69) is 15.5 Å². The average molecular weight is 347 g/mol. The van der Waals surface area contributed by atoms with Gasteiger partial charge in [0.05, 0.1) is 13.2 Å². The molecule has 1 aromatic carbocycles. The lowest BCUT2D eigenvalue weighted by Crippen LogP contribution is -2.45. The van der Waals surface area contributed by atoms with Crippen LogP contribution in [0.5, 0.6) is 0 Å². The van der Waals surface area contributed by atoms with Gasteiger partial charge in [-0.25, -0.2) is 0 Å². The highest BCUT2D eigenvalue weighted by Crippen LogP contribution is 2.31. The summed E-state index contributed by atoms with van der Waals surface area (Å²) in [7, 11) is 0. The Hall–Kier alpha value is -1.96. The summed E-state index contributed by atoms with van der Waals surface area (Å²) in [5, 5.41) is 5.58. The number of piperidine rings is 1. The molecule has 2 aliphatic rings. The number of hydrogen-bond donors (Lipinski definition) is 2. The van der Waals surface area contributed by atoms with Crippen molar-refractivity contribution >= 4 is 23.2 Å². The molecule has 136 valence electrons. The Morgan fingerprint density at radius 1 is 1.04 bits per heavy atom. The molecule has 2 fully saturated rings. The third-order valence-electron chi connectivity index (χ3n) is 4.58. The second-order valence-corrected chi connectivity index (χ2v) is 6.51. The highest BCUT2D eigenvalue weighted by molar-refractivity contribution is 5.92. The first-order valence-electron chi connectivity index (χ1n) is 8.72. The van der Waals surface area contributed by atoms with Crippen LogP contribution < -0.4 is 10.6 Å². The van der Waals surface area contributed by atoms with Gasteiger partial charge in [-0.1, -0.05) is 0 Å². The molecule has 0 aliphatic carbocycles. The number of carbonyl (C=O) groups is 2. The van der Waals surface area contributed by atoms with Crippen LogP contribution in [0.2, 0.25) is 0 Å². The van der Waals surface area contributed by atoms with E-state index in [4.69, 9.17) is 9.47 Å². The Labute approximate surface area is 147 Å². The first-order chi connectivity index (χ1) is 12.0. The summed E-state index contributed by atoms with van der Waals surface area (Å²) in [6, 6.07) is 7.09. The summed E-state index contributed by atoms with van der Waals surface area (Å²) in [6.45, 7) is 5.33. The molecule has 0 atom stereocenters. The van der Waals surface area contributed by atoms with Gasteiger partial charge < -0.3 is 25.0 Å². The minimum absolute atomic E-state index is 0.0130. The quantitative estimate of drug-likeness (QED) is 0.849.